The highest BCUT2D eigenvalue weighted by molar-refractivity contribution is 7.99. The number of rotatable bonds is 6. The van der Waals surface area contributed by atoms with Crippen LogP contribution in [0.5, 0.6) is 0 Å². The Hall–Kier alpha value is -3.68. The molecule has 35 heavy (non-hydrogen) atoms. The number of likely N-dealkylation sites (N-methyl/N-ethyl adjacent to an activating group) is 1. The molecule has 176 valence electrons. The maximum atomic E-state index is 12.8. The topological polar surface area (TPSA) is 61.4 Å². The Labute approximate surface area is 210 Å². The first-order chi connectivity index (χ1) is 17.1. The molecular weight excluding hydrogens is 454 g/mol. The van der Waals surface area contributed by atoms with Crippen molar-refractivity contribution in [3.8, 4) is 11.3 Å². The van der Waals surface area contributed by atoms with Crippen molar-refractivity contribution in [2.75, 3.05) is 38.5 Å². The third kappa shape index (κ3) is 5.88. The minimum atomic E-state index is 0.0803. The number of piperazine rings is 1. The van der Waals surface area contributed by atoms with Crippen molar-refractivity contribution in [2.24, 2.45) is 0 Å². The van der Waals surface area contributed by atoms with Gasteiger partial charge in [-0.15, -0.1) is 0 Å². The molecular formula is C28H27N5OS. The molecule has 1 fully saturated rings. The molecule has 5 rings (SSSR count). The zero-order valence-corrected chi connectivity index (χ0v) is 20.4. The van der Waals surface area contributed by atoms with E-state index < -0.39 is 0 Å². The normalized spacial score (nSPS) is 14.0. The number of nitrogens with one attached hydrogen (secondary N) is 1. The Morgan fingerprint density at radius 3 is 2.23 bits per heavy atom. The van der Waals surface area contributed by atoms with Crippen LogP contribution in [0.3, 0.4) is 0 Å². The number of amides is 1. The van der Waals surface area contributed by atoms with E-state index in [0.29, 0.717) is 11.5 Å². The van der Waals surface area contributed by atoms with E-state index in [2.05, 4.69) is 63.6 Å². The summed E-state index contributed by atoms with van der Waals surface area (Å²) in [5, 5.41) is 3.25. The van der Waals surface area contributed by atoms with E-state index in [1.54, 1.807) is 18.0 Å². The molecule has 1 aliphatic heterocycles. The molecule has 0 aliphatic carbocycles. The second-order valence-electron chi connectivity index (χ2n) is 8.50. The predicted octanol–water partition coefficient (Wildman–Crippen LogP) is 5.43. The van der Waals surface area contributed by atoms with Gasteiger partial charge in [-0.3, -0.25) is 4.79 Å². The number of nitrogens with zero attached hydrogens (tertiary/aromatic N) is 4. The lowest BCUT2D eigenvalue weighted by atomic mass is 10.1. The molecule has 1 N–H and O–H groups in total. The molecule has 0 unspecified atom stereocenters. The average Bonchev–Trinajstić information content (AvgIpc) is 2.90. The summed E-state index contributed by atoms with van der Waals surface area (Å²) < 4.78 is 0. The van der Waals surface area contributed by atoms with Crippen molar-refractivity contribution in [3.05, 3.63) is 96.7 Å². The highest BCUT2D eigenvalue weighted by Crippen LogP contribution is 2.29. The minimum absolute atomic E-state index is 0.0803. The fraction of sp³-hybridized carbons (Fsp3) is 0.179. The molecule has 2 heterocycles. The van der Waals surface area contributed by atoms with E-state index >= 15 is 0 Å². The molecule has 0 saturated carbocycles. The fourth-order valence-electron chi connectivity index (χ4n) is 3.92. The standard InChI is InChI=1S/C28H27N5OS/c1-32-17-19-33(20-18-32)27(34)22-7-11-23(12-8-22)30-28-29-16-15-26(31-28)21-9-13-25(14-10-21)35-24-5-3-2-4-6-24/h2-16H,17-20H2,1H3,(H,29,30,31). The van der Waals surface area contributed by atoms with E-state index in [9.17, 15) is 4.79 Å². The lowest BCUT2D eigenvalue weighted by Gasteiger charge is -2.32. The van der Waals surface area contributed by atoms with Crippen molar-refractivity contribution in [2.45, 2.75) is 9.79 Å². The van der Waals surface area contributed by atoms with Crippen LogP contribution < -0.4 is 5.32 Å². The second kappa shape index (κ2) is 10.7. The van der Waals surface area contributed by atoms with Gasteiger partial charge in [-0.1, -0.05) is 42.1 Å². The van der Waals surface area contributed by atoms with Crippen LogP contribution in [0.1, 0.15) is 10.4 Å². The van der Waals surface area contributed by atoms with E-state index in [4.69, 9.17) is 0 Å². The van der Waals surface area contributed by atoms with Crippen LogP contribution in [0, 0.1) is 0 Å². The van der Waals surface area contributed by atoms with Gasteiger partial charge in [0.1, 0.15) is 0 Å². The Morgan fingerprint density at radius 1 is 0.829 bits per heavy atom. The van der Waals surface area contributed by atoms with E-state index in [0.717, 1.165) is 43.1 Å². The summed E-state index contributed by atoms with van der Waals surface area (Å²) in [4.78, 5) is 28.4. The molecule has 1 aromatic heterocycles. The van der Waals surface area contributed by atoms with Crippen molar-refractivity contribution >= 4 is 29.3 Å². The number of carbonyl (C=O) groups is 1. The van der Waals surface area contributed by atoms with E-state index in [-0.39, 0.29) is 5.91 Å². The van der Waals surface area contributed by atoms with Gasteiger partial charge in [-0.25, -0.2) is 9.97 Å². The van der Waals surface area contributed by atoms with Gasteiger partial charge in [-0.2, -0.15) is 0 Å². The lowest BCUT2D eigenvalue weighted by molar-refractivity contribution is 0.0664. The molecule has 1 aliphatic rings. The fourth-order valence-corrected chi connectivity index (χ4v) is 4.75. The Bertz CT molecular complexity index is 1270. The van der Waals surface area contributed by atoms with Crippen LogP contribution in [0.4, 0.5) is 11.6 Å². The summed E-state index contributed by atoms with van der Waals surface area (Å²) in [5.41, 5.74) is 3.41. The van der Waals surface area contributed by atoms with Gasteiger partial charge in [-0.05, 0) is 61.6 Å². The molecule has 1 amide bonds. The molecule has 6 nitrogen and oxygen atoms in total. The summed E-state index contributed by atoms with van der Waals surface area (Å²) in [7, 11) is 2.08. The van der Waals surface area contributed by atoms with Crippen molar-refractivity contribution in [3.63, 3.8) is 0 Å². The first-order valence-electron chi connectivity index (χ1n) is 11.7. The first kappa shape index (κ1) is 23.1. The molecule has 3 aromatic carbocycles. The van der Waals surface area contributed by atoms with Crippen molar-refractivity contribution < 1.29 is 4.79 Å². The van der Waals surface area contributed by atoms with Gasteiger partial charge in [0.15, 0.2) is 0 Å². The Kier molecular flexibility index (Phi) is 7.07. The number of hydrogen-bond acceptors (Lipinski definition) is 6. The highest BCUT2D eigenvalue weighted by Gasteiger charge is 2.20. The first-order valence-corrected chi connectivity index (χ1v) is 12.5. The smallest absolute Gasteiger partial charge is 0.253 e. The zero-order chi connectivity index (χ0) is 24.0. The van der Waals surface area contributed by atoms with Crippen LogP contribution >= 0.6 is 11.8 Å². The van der Waals surface area contributed by atoms with Crippen LogP contribution in [0.2, 0.25) is 0 Å². The molecule has 7 heteroatoms. The molecule has 0 radical (unpaired) electrons. The van der Waals surface area contributed by atoms with Gasteiger partial charge >= 0.3 is 0 Å². The average molecular weight is 482 g/mol. The van der Waals surface area contributed by atoms with Crippen molar-refractivity contribution in [1.29, 1.82) is 0 Å². The number of hydrogen-bond donors (Lipinski definition) is 1. The van der Waals surface area contributed by atoms with E-state index in [1.165, 1.54) is 9.79 Å². The lowest BCUT2D eigenvalue weighted by Crippen LogP contribution is -2.47. The van der Waals surface area contributed by atoms with E-state index in [1.807, 2.05) is 53.4 Å². The minimum Gasteiger partial charge on any atom is -0.336 e. The van der Waals surface area contributed by atoms with Crippen LogP contribution in [0.25, 0.3) is 11.3 Å². The van der Waals surface area contributed by atoms with Crippen molar-refractivity contribution in [1.82, 2.24) is 19.8 Å². The van der Waals surface area contributed by atoms with Gasteiger partial charge in [0.25, 0.3) is 5.91 Å². The number of anilines is 2. The maximum absolute atomic E-state index is 12.8. The number of benzene rings is 3. The van der Waals surface area contributed by atoms with Gasteiger partial charge in [0.2, 0.25) is 5.95 Å². The van der Waals surface area contributed by atoms with Gasteiger partial charge in [0, 0.05) is 59.0 Å². The molecule has 1 saturated heterocycles. The second-order valence-corrected chi connectivity index (χ2v) is 9.65. The molecule has 4 aromatic rings. The summed E-state index contributed by atoms with van der Waals surface area (Å²) in [6.07, 6.45) is 1.75. The summed E-state index contributed by atoms with van der Waals surface area (Å²) in [6.45, 7) is 3.35. The molecule has 0 atom stereocenters. The zero-order valence-electron chi connectivity index (χ0n) is 19.6. The molecule has 0 spiro atoms. The largest absolute Gasteiger partial charge is 0.336 e. The monoisotopic (exact) mass is 481 g/mol. The van der Waals surface area contributed by atoms with Crippen LogP contribution in [-0.4, -0.2) is 58.9 Å². The maximum Gasteiger partial charge on any atom is 0.253 e. The quantitative estimate of drug-likeness (QED) is 0.396. The number of aromatic nitrogens is 2. The van der Waals surface area contributed by atoms with Crippen LogP contribution in [0.15, 0.2) is 101 Å². The highest BCUT2D eigenvalue weighted by atomic mass is 32.2. The van der Waals surface area contributed by atoms with Gasteiger partial charge < -0.3 is 15.1 Å². The summed E-state index contributed by atoms with van der Waals surface area (Å²) >= 11 is 1.73. The SMILES string of the molecule is CN1CCN(C(=O)c2ccc(Nc3nccc(-c4ccc(Sc5ccccc5)cc4)n3)cc2)CC1. The predicted molar refractivity (Wildman–Crippen MR) is 141 cm³/mol. The summed E-state index contributed by atoms with van der Waals surface area (Å²) in [5.74, 6) is 0.597. The number of carbonyl (C=O) groups excluding carboxylic acids is 1. The molecule has 0 bridgehead atoms. The van der Waals surface area contributed by atoms with Gasteiger partial charge in [0.05, 0.1) is 5.69 Å². The Balaban J connectivity index is 1.23. The summed E-state index contributed by atoms with van der Waals surface area (Å²) in [6, 6.07) is 28.1. The third-order valence-corrected chi connectivity index (χ3v) is 6.98. The third-order valence-electron chi connectivity index (χ3n) is 5.96. The Morgan fingerprint density at radius 2 is 1.51 bits per heavy atom. The van der Waals surface area contributed by atoms with Crippen LogP contribution in [-0.2, 0) is 0 Å².